The molecule has 4 rings (SSSR count). The Balaban J connectivity index is 1.97. The van der Waals surface area contributed by atoms with E-state index in [-0.39, 0.29) is 15.4 Å². The molecule has 2 heterocycles. The van der Waals surface area contributed by atoms with E-state index < -0.39 is 16.5 Å². The van der Waals surface area contributed by atoms with Gasteiger partial charge < -0.3 is 9.73 Å². The van der Waals surface area contributed by atoms with Crippen molar-refractivity contribution in [2.24, 2.45) is 0 Å². The zero-order valence-corrected chi connectivity index (χ0v) is 13.7. The second-order valence-electron chi connectivity index (χ2n) is 5.84. The Labute approximate surface area is 139 Å². The number of sulfone groups is 1. The molecular formula is C18H16FNO3S. The first-order valence-corrected chi connectivity index (χ1v) is 9.23. The number of alkyl halides is 1. The molecule has 0 bridgehead atoms. The maximum atomic E-state index is 13.5. The minimum atomic E-state index is -3.70. The number of hydrogen-bond donors (Lipinski definition) is 1. The lowest BCUT2D eigenvalue weighted by atomic mass is 10.0. The number of benzene rings is 2. The maximum Gasteiger partial charge on any atom is 0.206 e. The van der Waals surface area contributed by atoms with Crippen molar-refractivity contribution < 1.29 is 17.2 Å². The number of fused-ring (bicyclic) bond motifs is 3. The molecule has 0 fully saturated rings. The summed E-state index contributed by atoms with van der Waals surface area (Å²) in [5.74, 6) is 0.813. The van der Waals surface area contributed by atoms with E-state index in [0.29, 0.717) is 17.5 Å². The molecule has 0 saturated heterocycles. The predicted molar refractivity (Wildman–Crippen MR) is 88.3 cm³/mol. The molecule has 1 aliphatic heterocycles. The van der Waals surface area contributed by atoms with E-state index in [1.807, 2.05) is 0 Å². The summed E-state index contributed by atoms with van der Waals surface area (Å²) < 4.78 is 45.1. The standard InChI is InChI=1S/C18H16FNO3S/c19-10-12-8-14(24(21,22)13-4-2-1-3-5-13)9-15-16-11-20-7-6-17(16)23-18(12)15/h1-5,8-9,20H,6-7,10-11H2. The molecule has 4 nitrogen and oxygen atoms in total. The molecule has 2 aromatic carbocycles. The Kier molecular flexibility index (Phi) is 3.66. The van der Waals surface area contributed by atoms with E-state index in [2.05, 4.69) is 5.32 Å². The largest absolute Gasteiger partial charge is 0.460 e. The quantitative estimate of drug-likeness (QED) is 0.791. The molecule has 6 heteroatoms. The van der Waals surface area contributed by atoms with Crippen LogP contribution in [0.1, 0.15) is 16.9 Å². The molecule has 24 heavy (non-hydrogen) atoms. The number of halogens is 1. The fraction of sp³-hybridized carbons (Fsp3) is 0.222. The van der Waals surface area contributed by atoms with Gasteiger partial charge in [-0.1, -0.05) is 18.2 Å². The summed E-state index contributed by atoms with van der Waals surface area (Å²) in [5.41, 5.74) is 1.66. The number of rotatable bonds is 3. The van der Waals surface area contributed by atoms with Gasteiger partial charge in [0.15, 0.2) is 0 Å². The lowest BCUT2D eigenvalue weighted by Gasteiger charge is -2.11. The summed E-state index contributed by atoms with van der Waals surface area (Å²) in [6, 6.07) is 11.2. The molecule has 0 atom stereocenters. The van der Waals surface area contributed by atoms with Crippen molar-refractivity contribution in [3.05, 3.63) is 59.4 Å². The normalized spacial score (nSPS) is 14.7. The number of furan rings is 1. The van der Waals surface area contributed by atoms with Gasteiger partial charge in [0.2, 0.25) is 9.84 Å². The zero-order chi connectivity index (χ0) is 16.7. The smallest absolute Gasteiger partial charge is 0.206 e. The Bertz CT molecular complexity index is 1010. The van der Waals surface area contributed by atoms with Crippen LogP contribution in [0.15, 0.2) is 56.7 Å². The van der Waals surface area contributed by atoms with E-state index in [9.17, 15) is 12.8 Å². The van der Waals surface area contributed by atoms with Gasteiger partial charge in [-0.2, -0.15) is 0 Å². The molecule has 1 N–H and O–H groups in total. The third-order valence-electron chi connectivity index (χ3n) is 4.36. The molecule has 1 aliphatic rings. The summed E-state index contributed by atoms with van der Waals surface area (Å²) in [7, 11) is -3.70. The minimum Gasteiger partial charge on any atom is -0.460 e. The number of nitrogens with one attached hydrogen (secondary N) is 1. The monoisotopic (exact) mass is 345 g/mol. The highest BCUT2D eigenvalue weighted by Crippen LogP contribution is 2.34. The third-order valence-corrected chi connectivity index (χ3v) is 6.11. The van der Waals surface area contributed by atoms with Gasteiger partial charge in [-0.3, -0.25) is 0 Å². The van der Waals surface area contributed by atoms with Crippen LogP contribution in [-0.2, 0) is 29.5 Å². The first kappa shape index (κ1) is 15.4. The van der Waals surface area contributed by atoms with Gasteiger partial charge in [-0.05, 0) is 24.3 Å². The van der Waals surface area contributed by atoms with Gasteiger partial charge in [0.05, 0.1) is 9.79 Å². The molecule has 1 aromatic heterocycles. The predicted octanol–water partition coefficient (Wildman–Crippen LogP) is 3.38. The lowest BCUT2D eigenvalue weighted by molar-refractivity contribution is 0.468. The van der Waals surface area contributed by atoms with Gasteiger partial charge in [0.1, 0.15) is 18.0 Å². The SMILES string of the molecule is O=S(=O)(c1ccccc1)c1cc(CF)c2oc3c(c2c1)CNCC3. The van der Waals surface area contributed by atoms with E-state index in [1.165, 1.54) is 6.07 Å². The van der Waals surface area contributed by atoms with Crippen molar-refractivity contribution in [3.8, 4) is 0 Å². The average Bonchev–Trinajstić information content (AvgIpc) is 3.00. The Hall–Kier alpha value is -2.18. The summed E-state index contributed by atoms with van der Waals surface area (Å²) in [6.07, 6.45) is 0.719. The second-order valence-corrected chi connectivity index (χ2v) is 7.79. The van der Waals surface area contributed by atoms with Gasteiger partial charge in [0.25, 0.3) is 0 Å². The highest BCUT2D eigenvalue weighted by Gasteiger charge is 2.24. The van der Waals surface area contributed by atoms with Crippen LogP contribution in [0.5, 0.6) is 0 Å². The van der Waals surface area contributed by atoms with Crippen LogP contribution < -0.4 is 5.32 Å². The van der Waals surface area contributed by atoms with Crippen LogP contribution in [0.2, 0.25) is 0 Å². The van der Waals surface area contributed by atoms with Crippen molar-refractivity contribution in [1.29, 1.82) is 0 Å². The number of hydrogen-bond acceptors (Lipinski definition) is 4. The fourth-order valence-corrected chi connectivity index (χ4v) is 4.50. The first-order chi connectivity index (χ1) is 11.6. The summed E-state index contributed by atoms with van der Waals surface area (Å²) in [4.78, 5) is 0.299. The van der Waals surface area contributed by atoms with Crippen LogP contribution in [0, 0.1) is 0 Å². The molecule has 0 amide bonds. The topological polar surface area (TPSA) is 59.3 Å². The minimum absolute atomic E-state index is 0.100. The van der Waals surface area contributed by atoms with Gasteiger partial charge in [-0.15, -0.1) is 0 Å². The van der Waals surface area contributed by atoms with E-state index in [1.54, 1.807) is 36.4 Å². The first-order valence-electron chi connectivity index (χ1n) is 7.75. The molecule has 0 spiro atoms. The highest BCUT2D eigenvalue weighted by molar-refractivity contribution is 7.91. The molecular weight excluding hydrogens is 329 g/mol. The summed E-state index contributed by atoms with van der Waals surface area (Å²) in [6.45, 7) is 0.629. The van der Waals surface area contributed by atoms with Crippen LogP contribution >= 0.6 is 0 Å². The van der Waals surface area contributed by atoms with E-state index in [4.69, 9.17) is 4.42 Å². The zero-order valence-electron chi connectivity index (χ0n) is 12.9. The van der Waals surface area contributed by atoms with Crippen LogP contribution in [0.25, 0.3) is 11.0 Å². The van der Waals surface area contributed by atoms with Crippen LogP contribution in [0.4, 0.5) is 4.39 Å². The van der Waals surface area contributed by atoms with Crippen LogP contribution in [0.3, 0.4) is 0 Å². The van der Waals surface area contributed by atoms with Gasteiger partial charge in [0, 0.05) is 36.0 Å². The molecule has 0 unspecified atom stereocenters. The molecule has 0 saturated carbocycles. The molecule has 0 aliphatic carbocycles. The van der Waals surface area contributed by atoms with E-state index in [0.717, 1.165) is 24.3 Å². The Morgan fingerprint density at radius 3 is 2.67 bits per heavy atom. The Morgan fingerprint density at radius 1 is 1.12 bits per heavy atom. The Morgan fingerprint density at radius 2 is 1.92 bits per heavy atom. The lowest BCUT2D eigenvalue weighted by Crippen LogP contribution is -2.22. The van der Waals surface area contributed by atoms with Crippen LogP contribution in [-0.4, -0.2) is 15.0 Å². The van der Waals surface area contributed by atoms with Gasteiger partial charge >= 0.3 is 0 Å². The van der Waals surface area contributed by atoms with E-state index >= 15 is 0 Å². The molecule has 3 aromatic rings. The average molecular weight is 345 g/mol. The maximum absolute atomic E-state index is 13.5. The van der Waals surface area contributed by atoms with Crippen molar-refractivity contribution in [2.45, 2.75) is 29.4 Å². The molecule has 124 valence electrons. The second kappa shape index (κ2) is 5.72. The van der Waals surface area contributed by atoms with Crippen molar-refractivity contribution in [2.75, 3.05) is 6.54 Å². The highest BCUT2D eigenvalue weighted by atomic mass is 32.2. The van der Waals surface area contributed by atoms with Crippen molar-refractivity contribution in [1.82, 2.24) is 5.32 Å². The van der Waals surface area contributed by atoms with Crippen molar-refractivity contribution >= 4 is 20.8 Å². The summed E-state index contributed by atoms with van der Waals surface area (Å²) in [5, 5.41) is 3.93. The third kappa shape index (κ3) is 2.34. The summed E-state index contributed by atoms with van der Waals surface area (Å²) >= 11 is 0. The molecule has 0 radical (unpaired) electrons. The van der Waals surface area contributed by atoms with Crippen molar-refractivity contribution in [3.63, 3.8) is 0 Å². The fourth-order valence-electron chi connectivity index (χ4n) is 3.14. The van der Waals surface area contributed by atoms with Gasteiger partial charge in [-0.25, -0.2) is 12.8 Å².